The van der Waals surface area contributed by atoms with Crippen molar-refractivity contribution in [1.29, 1.82) is 5.26 Å². The van der Waals surface area contributed by atoms with Crippen LogP contribution in [0.2, 0.25) is 0 Å². The quantitative estimate of drug-likeness (QED) is 0.396. The Balaban J connectivity index is 2.23. The molecule has 0 saturated carbocycles. The van der Waals surface area contributed by atoms with Crippen molar-refractivity contribution in [2.75, 3.05) is 6.54 Å². The summed E-state index contributed by atoms with van der Waals surface area (Å²) in [6.45, 7) is 0.681. The van der Waals surface area contributed by atoms with E-state index in [1.807, 2.05) is 11.6 Å². The second-order valence-electron chi connectivity index (χ2n) is 1.77. The number of hydrogen-bond acceptors (Lipinski definition) is 4. The van der Waals surface area contributed by atoms with Crippen LogP contribution in [0, 0.1) is 11.5 Å². The van der Waals surface area contributed by atoms with Crippen LogP contribution in [0.1, 0.15) is 5.69 Å². The molecule has 0 unspecified atom stereocenters. The van der Waals surface area contributed by atoms with Crippen LogP contribution < -0.4 is 5.32 Å². The number of nitrogens with one attached hydrogen (secondary N) is 1. The molecular weight excluding hydrogens is 146 g/mol. The van der Waals surface area contributed by atoms with E-state index in [-0.39, 0.29) is 0 Å². The van der Waals surface area contributed by atoms with E-state index in [0.717, 1.165) is 12.1 Å². The molecule has 0 radical (unpaired) electrons. The Kier molecular flexibility index (Phi) is 2.71. The fraction of sp³-hybridized carbons (Fsp3) is 0.333. The summed E-state index contributed by atoms with van der Waals surface area (Å²) >= 11 is 1.58. The topological polar surface area (TPSA) is 48.7 Å². The number of rotatable bonds is 3. The minimum absolute atomic E-state index is 0.681. The maximum absolute atomic E-state index is 8.12. The molecule has 0 amide bonds. The zero-order valence-electron chi connectivity index (χ0n) is 5.37. The van der Waals surface area contributed by atoms with Crippen molar-refractivity contribution in [3.63, 3.8) is 0 Å². The van der Waals surface area contributed by atoms with Gasteiger partial charge in [0, 0.05) is 18.3 Å². The molecule has 1 aromatic heterocycles. The Morgan fingerprint density at radius 2 is 2.70 bits per heavy atom. The molecule has 0 aliphatic carbocycles. The average Bonchev–Trinajstić information content (AvgIpc) is 2.41. The standard InChI is InChI=1S/C6H7N3S/c7-4-8-2-1-6-3-10-5-9-6/h3,5,8H,1-2H2. The molecule has 0 aliphatic heterocycles. The minimum Gasteiger partial charge on any atom is -0.323 e. The lowest BCUT2D eigenvalue weighted by Crippen LogP contribution is -2.09. The number of hydrogen-bond donors (Lipinski definition) is 1. The molecule has 52 valence electrons. The van der Waals surface area contributed by atoms with E-state index in [9.17, 15) is 0 Å². The molecule has 0 aliphatic rings. The number of nitrogens with zero attached hydrogens (tertiary/aromatic N) is 2. The summed E-state index contributed by atoms with van der Waals surface area (Å²) in [4.78, 5) is 4.06. The number of aromatic nitrogens is 1. The van der Waals surface area contributed by atoms with E-state index in [0.29, 0.717) is 6.54 Å². The largest absolute Gasteiger partial charge is 0.323 e. The van der Waals surface area contributed by atoms with Crippen molar-refractivity contribution in [3.8, 4) is 6.19 Å². The van der Waals surface area contributed by atoms with Crippen LogP contribution in [-0.4, -0.2) is 11.5 Å². The summed E-state index contributed by atoms with van der Waals surface area (Å²) in [5, 5.41) is 12.7. The number of nitriles is 1. The van der Waals surface area contributed by atoms with Crippen molar-refractivity contribution in [3.05, 3.63) is 16.6 Å². The van der Waals surface area contributed by atoms with Gasteiger partial charge >= 0.3 is 0 Å². The van der Waals surface area contributed by atoms with Crippen molar-refractivity contribution < 1.29 is 0 Å². The second kappa shape index (κ2) is 3.85. The lowest BCUT2D eigenvalue weighted by molar-refractivity contribution is 0.828. The number of thiazole rings is 1. The Morgan fingerprint density at radius 3 is 3.30 bits per heavy atom. The monoisotopic (exact) mass is 153 g/mol. The summed E-state index contributed by atoms with van der Waals surface area (Å²) in [5.41, 5.74) is 2.84. The van der Waals surface area contributed by atoms with E-state index >= 15 is 0 Å². The van der Waals surface area contributed by atoms with E-state index in [1.165, 1.54) is 0 Å². The molecular formula is C6H7N3S. The van der Waals surface area contributed by atoms with Crippen molar-refractivity contribution in [2.24, 2.45) is 0 Å². The van der Waals surface area contributed by atoms with Gasteiger partial charge < -0.3 is 5.32 Å². The van der Waals surface area contributed by atoms with E-state index in [2.05, 4.69) is 10.3 Å². The van der Waals surface area contributed by atoms with Gasteiger partial charge in [-0.2, -0.15) is 5.26 Å². The first kappa shape index (κ1) is 7.03. The summed E-state index contributed by atoms with van der Waals surface area (Å²) in [6.07, 6.45) is 2.69. The summed E-state index contributed by atoms with van der Waals surface area (Å²) in [6, 6.07) is 0. The summed E-state index contributed by atoms with van der Waals surface area (Å²) in [7, 11) is 0. The molecule has 0 atom stereocenters. The van der Waals surface area contributed by atoms with Crippen LogP contribution in [0.25, 0.3) is 0 Å². The molecule has 0 spiro atoms. The first-order chi connectivity index (χ1) is 4.93. The molecule has 1 aromatic rings. The van der Waals surface area contributed by atoms with Crippen LogP contribution in [0.5, 0.6) is 0 Å². The van der Waals surface area contributed by atoms with Gasteiger partial charge in [-0.05, 0) is 0 Å². The van der Waals surface area contributed by atoms with E-state index in [4.69, 9.17) is 5.26 Å². The molecule has 3 nitrogen and oxygen atoms in total. The van der Waals surface area contributed by atoms with E-state index in [1.54, 1.807) is 16.8 Å². The van der Waals surface area contributed by atoms with Crippen molar-refractivity contribution in [1.82, 2.24) is 10.3 Å². The predicted molar refractivity (Wildman–Crippen MR) is 39.4 cm³/mol. The van der Waals surface area contributed by atoms with Gasteiger partial charge in [-0.1, -0.05) is 0 Å². The molecule has 1 N–H and O–H groups in total. The zero-order valence-corrected chi connectivity index (χ0v) is 6.19. The van der Waals surface area contributed by atoms with Gasteiger partial charge in [0.2, 0.25) is 0 Å². The first-order valence-electron chi connectivity index (χ1n) is 2.92. The smallest absolute Gasteiger partial charge is 0.176 e. The normalized spacial score (nSPS) is 8.70. The molecule has 0 saturated heterocycles. The Morgan fingerprint density at radius 1 is 1.80 bits per heavy atom. The van der Waals surface area contributed by atoms with Gasteiger partial charge in [0.15, 0.2) is 6.19 Å². The van der Waals surface area contributed by atoms with Gasteiger partial charge in [-0.15, -0.1) is 11.3 Å². The van der Waals surface area contributed by atoms with Crippen LogP contribution in [0.3, 0.4) is 0 Å². The molecule has 0 fully saturated rings. The van der Waals surface area contributed by atoms with Crippen LogP contribution in [-0.2, 0) is 6.42 Å². The fourth-order valence-corrected chi connectivity index (χ4v) is 1.20. The lowest BCUT2D eigenvalue weighted by Gasteiger charge is -1.91. The predicted octanol–water partition coefficient (Wildman–Crippen LogP) is 0.756. The van der Waals surface area contributed by atoms with Crippen molar-refractivity contribution >= 4 is 11.3 Å². The molecule has 0 aromatic carbocycles. The summed E-state index contributed by atoms with van der Waals surface area (Å²) < 4.78 is 0. The highest BCUT2D eigenvalue weighted by atomic mass is 32.1. The minimum atomic E-state index is 0.681. The third-order valence-electron chi connectivity index (χ3n) is 1.07. The lowest BCUT2D eigenvalue weighted by atomic mass is 10.3. The maximum atomic E-state index is 8.12. The van der Waals surface area contributed by atoms with Crippen LogP contribution in [0.15, 0.2) is 10.9 Å². The second-order valence-corrected chi connectivity index (χ2v) is 2.49. The van der Waals surface area contributed by atoms with Gasteiger partial charge in [-0.3, -0.25) is 0 Å². The van der Waals surface area contributed by atoms with Gasteiger partial charge in [-0.25, -0.2) is 4.98 Å². The maximum Gasteiger partial charge on any atom is 0.176 e. The Bertz CT molecular complexity index is 211. The van der Waals surface area contributed by atoms with E-state index < -0.39 is 0 Å². The third kappa shape index (κ3) is 2.03. The Hall–Kier alpha value is -1.08. The SMILES string of the molecule is N#CNCCc1cscn1. The molecule has 0 bridgehead atoms. The highest BCUT2D eigenvalue weighted by Gasteiger charge is 1.91. The van der Waals surface area contributed by atoms with Crippen LogP contribution >= 0.6 is 11.3 Å². The van der Waals surface area contributed by atoms with Gasteiger partial charge in [0.1, 0.15) is 0 Å². The third-order valence-corrected chi connectivity index (χ3v) is 1.70. The Labute approximate surface area is 63.3 Å². The summed E-state index contributed by atoms with van der Waals surface area (Å²) in [5.74, 6) is 0. The van der Waals surface area contributed by atoms with Gasteiger partial charge in [0.25, 0.3) is 0 Å². The highest BCUT2D eigenvalue weighted by molar-refractivity contribution is 7.07. The highest BCUT2D eigenvalue weighted by Crippen LogP contribution is 1.99. The van der Waals surface area contributed by atoms with Crippen molar-refractivity contribution in [2.45, 2.75) is 6.42 Å². The molecule has 4 heteroatoms. The fourth-order valence-electron chi connectivity index (χ4n) is 0.607. The molecule has 1 rings (SSSR count). The average molecular weight is 153 g/mol. The van der Waals surface area contributed by atoms with Gasteiger partial charge in [0.05, 0.1) is 11.2 Å². The molecule has 10 heavy (non-hydrogen) atoms. The molecule has 1 heterocycles. The van der Waals surface area contributed by atoms with Crippen LogP contribution in [0.4, 0.5) is 0 Å². The first-order valence-corrected chi connectivity index (χ1v) is 3.87. The zero-order chi connectivity index (χ0) is 7.23.